The summed E-state index contributed by atoms with van der Waals surface area (Å²) >= 11 is 0. The summed E-state index contributed by atoms with van der Waals surface area (Å²) in [6.07, 6.45) is -0.402. The first-order chi connectivity index (χ1) is 10.0. The molecule has 14 heteroatoms. The molecule has 0 aromatic rings. The van der Waals surface area contributed by atoms with E-state index in [1.54, 1.807) is 0 Å². The quantitative estimate of drug-likeness (QED) is 0.384. The van der Waals surface area contributed by atoms with Crippen LogP contribution in [0.3, 0.4) is 0 Å². The third-order valence-electron chi connectivity index (χ3n) is 3.21. The standard InChI is InChI=1S/C5H11NO4S.C5H9NO4S.BH4.Na/c2*6-11(8,9)5-3-10-2-1-4(5)7;;/h4-5,7H,1-3H2,(H2,6,8,9);5H,1-3H2,(H2,6,8,9);1H4;/q;;-1;+1. The molecule has 3 unspecified atom stereocenters. The Balaban J connectivity index is 0. The van der Waals surface area contributed by atoms with Crippen LogP contribution in [0.2, 0.25) is 0 Å². The Hall–Kier alpha value is 0.435. The summed E-state index contributed by atoms with van der Waals surface area (Å²) in [7, 11) is -7.40. The number of sulfonamides is 2. The molecule has 138 valence electrons. The van der Waals surface area contributed by atoms with Crippen LogP contribution in [-0.2, 0) is 34.3 Å². The van der Waals surface area contributed by atoms with Crippen molar-refractivity contribution < 1.29 is 65.8 Å². The van der Waals surface area contributed by atoms with Crippen molar-refractivity contribution in [1.29, 1.82) is 0 Å². The van der Waals surface area contributed by atoms with Crippen molar-refractivity contribution in [1.82, 2.24) is 0 Å². The summed E-state index contributed by atoms with van der Waals surface area (Å²) in [6.45, 7) is 0.593. The maximum absolute atomic E-state index is 10.9. The van der Waals surface area contributed by atoms with Crippen LogP contribution in [0.25, 0.3) is 0 Å². The second-order valence-corrected chi connectivity index (χ2v) is 8.46. The molecule has 2 heterocycles. The van der Waals surface area contributed by atoms with Gasteiger partial charge < -0.3 is 14.6 Å². The number of Topliss-reactive ketones (excluding diaryl/α,β-unsaturated/α-hetero) is 1. The monoisotopic (exact) mass is 398 g/mol. The van der Waals surface area contributed by atoms with Gasteiger partial charge in [0.2, 0.25) is 20.0 Å². The number of hydrogen-bond acceptors (Lipinski definition) is 8. The molecule has 2 saturated heterocycles. The molecule has 5 N–H and O–H groups in total. The number of ether oxygens (including phenoxy) is 2. The normalized spacial score (nSPS) is 27.8. The van der Waals surface area contributed by atoms with Crippen LogP contribution in [0, 0.1) is 0 Å². The van der Waals surface area contributed by atoms with Gasteiger partial charge in [0.15, 0.2) is 11.0 Å². The third-order valence-corrected chi connectivity index (χ3v) is 5.70. The molecular weight excluding hydrogens is 374 g/mol. The number of primary sulfonamides is 2. The number of hydrogen-bond donors (Lipinski definition) is 3. The number of nitrogens with two attached hydrogens (primary N) is 2. The minimum Gasteiger partial charge on any atom is -0.392 e. The van der Waals surface area contributed by atoms with E-state index >= 15 is 0 Å². The molecular formula is C10H24BN2NaO8S2. The molecule has 3 atom stereocenters. The van der Waals surface area contributed by atoms with Crippen LogP contribution in [0.1, 0.15) is 12.8 Å². The van der Waals surface area contributed by atoms with Crippen LogP contribution in [-0.4, -0.2) is 79.2 Å². The topological polar surface area (TPSA) is 176 Å². The van der Waals surface area contributed by atoms with Crippen molar-refractivity contribution >= 4 is 34.2 Å². The summed E-state index contributed by atoms with van der Waals surface area (Å²) in [5, 5.41) is 16.7. The van der Waals surface area contributed by atoms with E-state index in [-0.39, 0.29) is 63.4 Å². The van der Waals surface area contributed by atoms with Gasteiger partial charge in [0.05, 0.1) is 25.9 Å². The molecule has 0 amide bonds. The summed E-state index contributed by atoms with van der Waals surface area (Å²) in [5.41, 5.74) is 0. The van der Waals surface area contributed by atoms with Crippen molar-refractivity contribution in [3.63, 3.8) is 0 Å². The molecule has 0 saturated carbocycles. The van der Waals surface area contributed by atoms with Crippen LogP contribution >= 0.6 is 0 Å². The summed E-state index contributed by atoms with van der Waals surface area (Å²) in [4.78, 5) is 10.9. The average molecular weight is 398 g/mol. The predicted molar refractivity (Wildman–Crippen MR) is 87.0 cm³/mol. The van der Waals surface area contributed by atoms with E-state index in [2.05, 4.69) is 0 Å². The smallest absolute Gasteiger partial charge is 0.392 e. The van der Waals surface area contributed by atoms with Crippen LogP contribution in [0.4, 0.5) is 0 Å². The molecule has 2 rings (SSSR count). The molecule has 0 bridgehead atoms. The SMILES string of the molecule is NS(=O)(=O)C1COCCC1=O.NS(=O)(=O)C1COCCC1O.[BH4-].[Na+]. The molecule has 0 aliphatic carbocycles. The number of aliphatic hydroxyl groups is 1. The maximum Gasteiger partial charge on any atom is 1.00 e. The number of carbonyl (C=O) groups is 1. The fourth-order valence-electron chi connectivity index (χ4n) is 1.91. The number of carbonyl (C=O) groups excluding carboxylic acids is 1. The van der Waals surface area contributed by atoms with Crippen LogP contribution in [0.15, 0.2) is 0 Å². The van der Waals surface area contributed by atoms with Gasteiger partial charge in [-0.15, -0.1) is 0 Å². The number of ketones is 1. The first kappa shape index (κ1) is 26.7. The molecule has 0 spiro atoms. The maximum atomic E-state index is 10.9. The molecule has 2 aliphatic rings. The van der Waals surface area contributed by atoms with E-state index in [1.165, 1.54) is 0 Å². The van der Waals surface area contributed by atoms with Gasteiger partial charge in [-0.25, -0.2) is 27.1 Å². The van der Waals surface area contributed by atoms with E-state index < -0.39 is 36.7 Å². The van der Waals surface area contributed by atoms with Crippen molar-refractivity contribution in [2.75, 3.05) is 26.4 Å². The molecule has 2 fully saturated rings. The van der Waals surface area contributed by atoms with Gasteiger partial charge >= 0.3 is 29.6 Å². The Morgan fingerprint density at radius 2 is 1.54 bits per heavy atom. The van der Waals surface area contributed by atoms with Crippen LogP contribution < -0.4 is 39.8 Å². The zero-order valence-electron chi connectivity index (χ0n) is 12.8. The van der Waals surface area contributed by atoms with Crippen molar-refractivity contribution in [2.24, 2.45) is 10.3 Å². The van der Waals surface area contributed by atoms with Gasteiger partial charge in [-0.3, -0.25) is 4.79 Å². The van der Waals surface area contributed by atoms with Crippen molar-refractivity contribution in [3.05, 3.63) is 0 Å². The summed E-state index contributed by atoms with van der Waals surface area (Å²) in [5.74, 6) is -0.348. The summed E-state index contributed by atoms with van der Waals surface area (Å²) < 4.78 is 52.5. The third kappa shape index (κ3) is 8.69. The zero-order chi connectivity index (χ0) is 17.0. The fourth-order valence-corrected chi connectivity index (χ4v) is 3.54. The van der Waals surface area contributed by atoms with Gasteiger partial charge in [0.25, 0.3) is 0 Å². The minimum atomic E-state index is -3.75. The first-order valence-electron chi connectivity index (χ1n) is 6.43. The second-order valence-electron chi connectivity index (χ2n) is 4.93. The average Bonchev–Trinajstić information content (AvgIpc) is 2.37. The van der Waals surface area contributed by atoms with Gasteiger partial charge in [-0.2, -0.15) is 0 Å². The van der Waals surface area contributed by atoms with E-state index in [0.717, 1.165) is 0 Å². The van der Waals surface area contributed by atoms with Gasteiger partial charge in [-0.1, -0.05) is 8.41 Å². The molecule has 24 heavy (non-hydrogen) atoms. The molecule has 0 aromatic heterocycles. The number of rotatable bonds is 2. The van der Waals surface area contributed by atoms with Gasteiger partial charge in [0.1, 0.15) is 5.25 Å². The molecule has 0 radical (unpaired) electrons. The van der Waals surface area contributed by atoms with Gasteiger partial charge in [0, 0.05) is 13.0 Å². The Labute approximate surface area is 165 Å². The molecule has 0 aromatic carbocycles. The summed E-state index contributed by atoms with van der Waals surface area (Å²) in [6, 6.07) is 0. The Kier molecular flexibility index (Phi) is 12.5. The largest absolute Gasteiger partial charge is 1.00 e. The Bertz CT molecular complexity index is 600. The van der Waals surface area contributed by atoms with Gasteiger partial charge in [-0.05, 0) is 6.42 Å². The Morgan fingerprint density at radius 1 is 1.00 bits per heavy atom. The minimum absolute atomic E-state index is 0. The zero-order valence-corrected chi connectivity index (χ0v) is 16.4. The Morgan fingerprint density at radius 3 is 1.88 bits per heavy atom. The van der Waals surface area contributed by atoms with E-state index in [0.29, 0.717) is 19.6 Å². The molecule has 10 nitrogen and oxygen atoms in total. The first-order valence-corrected chi connectivity index (χ1v) is 9.65. The van der Waals surface area contributed by atoms with Crippen molar-refractivity contribution in [3.8, 4) is 0 Å². The molecule has 2 aliphatic heterocycles. The van der Waals surface area contributed by atoms with E-state index in [1.807, 2.05) is 0 Å². The van der Waals surface area contributed by atoms with Crippen LogP contribution in [0.5, 0.6) is 0 Å². The predicted octanol–water partition coefficient (Wildman–Crippen LogP) is -7.39. The van der Waals surface area contributed by atoms with Crippen molar-refractivity contribution in [2.45, 2.75) is 29.4 Å². The fraction of sp³-hybridized carbons (Fsp3) is 0.900. The van der Waals surface area contributed by atoms with E-state index in [9.17, 15) is 21.6 Å². The number of aliphatic hydroxyl groups excluding tert-OH is 1. The van der Waals surface area contributed by atoms with E-state index in [4.69, 9.17) is 24.9 Å². The second kappa shape index (κ2) is 11.2.